The number of fused-ring (bicyclic) bond motifs is 2. The van der Waals surface area contributed by atoms with Gasteiger partial charge in [0.25, 0.3) is 23.6 Å². The van der Waals surface area contributed by atoms with Crippen LogP contribution in [0.4, 0.5) is 5.13 Å². The summed E-state index contributed by atoms with van der Waals surface area (Å²) in [4.78, 5) is 80.5. The second-order valence-electron chi connectivity index (χ2n) is 14.7. The number of nitrogens with one attached hydrogen (secondary N) is 5. The molecule has 67 heavy (non-hydrogen) atoms. The first-order valence-corrected chi connectivity index (χ1v) is 23.3. The number of thioether (sulfide) groups is 2. The van der Waals surface area contributed by atoms with Crippen molar-refractivity contribution in [2.24, 2.45) is 10.1 Å². The zero-order valence-electron chi connectivity index (χ0n) is 36.4. The van der Waals surface area contributed by atoms with Crippen LogP contribution in [0.5, 0.6) is 23.0 Å². The number of nitrogens with zero attached hydrogens (tertiary/aromatic N) is 6. The predicted octanol–water partition coefficient (Wildman–Crippen LogP) is -2.82. The van der Waals surface area contributed by atoms with Crippen LogP contribution in [-0.4, -0.2) is 130 Å². The molecule has 1 aromatic heterocycles. The first-order valence-electron chi connectivity index (χ1n) is 18.9. The van der Waals surface area contributed by atoms with Crippen LogP contribution in [-0.2, 0) is 34.0 Å². The standard InChI is InChI=1S/C37H38N12O13S4.Na.H/c1-16-8-26(49-25(40-16)11-47(46-49)15-39-66(60,61)19-5-7-22(51)24(53)10-19)63-12-18-13-64-33-28(32(56)48(33)29(18)34(57)58)42-31(55)27(20-14-65-36(38)41-20)45-62-37(2,3)35(59)44-43-30(54)17-4-6-21(50)23(52)9-17;;/h4-11,14,28,33,39,46,50-53H,12-13,15H2,1-3H3,(H2,38,41)(H,42,55)(H,43,54)(H,44,59)(H,57,58);;/q;+1;-1/t28-,33-;;/m1../s1. The van der Waals surface area contributed by atoms with Crippen molar-refractivity contribution in [1.29, 1.82) is 0 Å². The number of carbonyl (C=O) groups excluding carboxylic acids is 4. The largest absolute Gasteiger partial charge is 1.00 e. The van der Waals surface area contributed by atoms with Crippen molar-refractivity contribution in [3.05, 3.63) is 87.4 Å². The van der Waals surface area contributed by atoms with E-state index in [1.807, 2.05) is 0 Å². The summed E-state index contributed by atoms with van der Waals surface area (Å²) in [5, 5.41) is 59.4. The van der Waals surface area contributed by atoms with Gasteiger partial charge in [0.1, 0.15) is 22.8 Å². The zero-order chi connectivity index (χ0) is 47.8. The number of aromatic nitrogens is 1. The third-order valence-corrected chi connectivity index (χ3v) is 14.1. The van der Waals surface area contributed by atoms with Crippen molar-refractivity contribution >= 4 is 91.0 Å². The number of hydrazine groups is 3. The molecule has 5 heterocycles. The van der Waals surface area contributed by atoms with Gasteiger partial charge >= 0.3 is 35.5 Å². The van der Waals surface area contributed by atoms with E-state index < -0.39 is 85.3 Å². The van der Waals surface area contributed by atoms with Crippen LogP contribution >= 0.6 is 34.9 Å². The third-order valence-electron chi connectivity index (χ3n) is 9.60. The molecular formula is C37H39N12NaO13S4. The number of carbonyl (C=O) groups is 5. The first-order chi connectivity index (χ1) is 31.1. The fraction of sp³-hybridized carbons (Fsp3) is 0.243. The summed E-state index contributed by atoms with van der Waals surface area (Å²) in [7, 11) is -4.12. The minimum absolute atomic E-state index is 0. The molecule has 0 bridgehead atoms. The Balaban J connectivity index is 0.00000432. The number of aliphatic carboxylic acids is 1. The van der Waals surface area contributed by atoms with E-state index >= 15 is 0 Å². The molecule has 25 nitrogen and oxygen atoms in total. The van der Waals surface area contributed by atoms with Gasteiger partial charge in [0, 0.05) is 34.2 Å². The molecule has 350 valence electrons. The number of carboxylic acid groups (broad SMARTS) is 1. The average Bonchev–Trinajstić information content (AvgIpc) is 3.89. The molecule has 30 heteroatoms. The quantitative estimate of drug-likeness (QED) is 0.0241. The second-order valence-corrected chi connectivity index (χ2v) is 19.5. The summed E-state index contributed by atoms with van der Waals surface area (Å²) in [6.07, 6.45) is 3.25. The zero-order valence-corrected chi connectivity index (χ0v) is 40.6. The Morgan fingerprint density at radius 3 is 2.43 bits per heavy atom. The van der Waals surface area contributed by atoms with Gasteiger partial charge in [0.05, 0.1) is 22.8 Å². The van der Waals surface area contributed by atoms with Crippen molar-refractivity contribution in [1.82, 2.24) is 46.3 Å². The molecule has 3 aromatic rings. The van der Waals surface area contributed by atoms with Crippen LogP contribution in [0.25, 0.3) is 0 Å². The number of benzene rings is 2. The number of β-lactam (4-membered cyclic amide) rings is 1. The van der Waals surface area contributed by atoms with Crippen LogP contribution in [0.15, 0.2) is 91.2 Å². The van der Waals surface area contributed by atoms with Crippen molar-refractivity contribution in [2.45, 2.75) is 42.7 Å². The molecule has 12 N–H and O–H groups in total. The Labute approximate surface area is 415 Å². The van der Waals surface area contributed by atoms with E-state index in [0.717, 1.165) is 46.6 Å². The van der Waals surface area contributed by atoms with Gasteiger partial charge in [-0.2, -0.15) is 4.72 Å². The maximum Gasteiger partial charge on any atom is 1.00 e. The Morgan fingerprint density at radius 1 is 1.07 bits per heavy atom. The average molecular weight is 1010 g/mol. The van der Waals surface area contributed by atoms with Crippen LogP contribution in [0.2, 0.25) is 0 Å². The number of oxime groups is 1. The second kappa shape index (κ2) is 20.0. The summed E-state index contributed by atoms with van der Waals surface area (Å²) in [6.45, 7) is 3.98. The molecule has 7 rings (SSSR count). The minimum Gasteiger partial charge on any atom is -1.00 e. The summed E-state index contributed by atoms with van der Waals surface area (Å²) in [5.41, 5.74) is 11.3. The molecule has 2 atom stereocenters. The number of anilines is 1. The number of carboxylic acids is 1. The van der Waals surface area contributed by atoms with Crippen LogP contribution in [0, 0.1) is 0 Å². The van der Waals surface area contributed by atoms with E-state index in [0.29, 0.717) is 22.1 Å². The number of phenolic OH excluding ortho intramolecular Hbond substituents is 4. The number of allylic oxidation sites excluding steroid dienone is 1. The van der Waals surface area contributed by atoms with E-state index in [9.17, 15) is 57.9 Å². The number of nitrogens with two attached hydrogens (primary N) is 1. The first kappa shape index (κ1) is 50.4. The van der Waals surface area contributed by atoms with E-state index in [2.05, 4.69) is 41.6 Å². The number of thiazole rings is 1. The number of hydrogen-bond donors (Lipinski definition) is 11. The molecule has 4 aliphatic rings. The Hall–Kier alpha value is -6.05. The maximum atomic E-state index is 13.8. The van der Waals surface area contributed by atoms with E-state index in [1.54, 1.807) is 18.0 Å². The number of aliphatic imine (C=N–C) groups is 1. The number of aromatic hydroxyl groups is 4. The number of sulfonamides is 1. The van der Waals surface area contributed by atoms with Crippen LogP contribution in [0.1, 0.15) is 38.2 Å². The van der Waals surface area contributed by atoms with Gasteiger partial charge in [-0.1, -0.05) is 5.16 Å². The molecule has 0 aliphatic carbocycles. The summed E-state index contributed by atoms with van der Waals surface area (Å²) >= 11 is 3.38. The van der Waals surface area contributed by atoms with Gasteiger partial charge in [-0.05, 0) is 62.8 Å². The molecule has 4 amide bonds. The van der Waals surface area contributed by atoms with Gasteiger partial charge in [0.15, 0.2) is 39.7 Å². The minimum atomic E-state index is -4.12. The Kier molecular flexibility index (Phi) is 15.1. The molecule has 4 aliphatic heterocycles. The number of phenols is 4. The maximum absolute atomic E-state index is 13.8. The molecular weight excluding hydrogens is 972 g/mol. The molecule has 0 radical (unpaired) electrons. The van der Waals surface area contributed by atoms with Gasteiger partial charge in [-0.25, -0.2) is 28.2 Å². The van der Waals surface area contributed by atoms with Crippen molar-refractivity contribution in [3.8, 4) is 23.0 Å². The molecule has 2 aromatic carbocycles. The topological polar surface area (TPSA) is 363 Å². The number of rotatable bonds is 15. The van der Waals surface area contributed by atoms with E-state index in [4.69, 9.17) is 10.6 Å². The van der Waals surface area contributed by atoms with Gasteiger partial charge in [0.2, 0.25) is 15.6 Å². The van der Waals surface area contributed by atoms with Crippen LogP contribution < -0.4 is 61.7 Å². The third kappa shape index (κ3) is 10.9. The summed E-state index contributed by atoms with van der Waals surface area (Å²) in [5.74, 6) is -6.35. The number of amides is 4. The van der Waals surface area contributed by atoms with E-state index in [1.165, 1.54) is 60.0 Å². The molecule has 0 saturated carbocycles. The normalized spacial score (nSPS) is 18.1. The van der Waals surface area contributed by atoms with E-state index in [-0.39, 0.29) is 76.1 Å². The fourth-order valence-electron chi connectivity index (χ4n) is 6.17. The Bertz CT molecular complexity index is 2840. The van der Waals surface area contributed by atoms with Gasteiger partial charge in [-0.15, -0.1) is 40.4 Å². The summed E-state index contributed by atoms with van der Waals surface area (Å²) < 4.78 is 28.1. The summed E-state index contributed by atoms with van der Waals surface area (Å²) in [6, 6.07) is 5.09. The predicted molar refractivity (Wildman–Crippen MR) is 238 cm³/mol. The number of nitrogen functional groups attached to an aromatic ring is 1. The molecule has 0 unspecified atom stereocenters. The molecule has 1 saturated heterocycles. The Morgan fingerprint density at radius 2 is 1.78 bits per heavy atom. The van der Waals surface area contributed by atoms with Crippen molar-refractivity contribution < 1.29 is 93.7 Å². The number of hydrogen-bond acceptors (Lipinski definition) is 22. The van der Waals surface area contributed by atoms with Gasteiger partial charge in [-0.3, -0.25) is 39.9 Å². The molecule has 0 spiro atoms. The smallest absolute Gasteiger partial charge is 1.00 e. The van der Waals surface area contributed by atoms with Crippen molar-refractivity contribution in [2.75, 3.05) is 23.9 Å². The van der Waals surface area contributed by atoms with Gasteiger partial charge < -0.3 is 42.8 Å². The SMILES string of the molecule is CC1=NC2=CN(CNS(=O)(=O)c3ccc(O)c(O)c3)NN2C(SCC2=C(C(=O)O)N3C(=O)[C@@H](NC(=O)C(=NOC(C)(C)C(=O)NNC(=O)c4ccc(O)c(O)c4)c4csc(N)n4)[C@H]3SC2)=C1.[H-].[Na+]. The monoisotopic (exact) mass is 1010 g/mol. The van der Waals surface area contributed by atoms with Crippen LogP contribution in [0.3, 0.4) is 0 Å². The molecule has 1 fully saturated rings. The fourth-order valence-corrected chi connectivity index (χ4v) is 10.3. The van der Waals surface area contributed by atoms with Crippen molar-refractivity contribution in [3.63, 3.8) is 0 Å².